The molecular weight excluding hydrogens is 316 g/mol. The van der Waals surface area contributed by atoms with E-state index in [1.165, 1.54) is 0 Å². The van der Waals surface area contributed by atoms with Crippen LogP contribution >= 0.6 is 0 Å². The SMILES string of the molecule is COc1cccc(N2C[C@H](C(=O)Nc3c(C)cccc3C)CC2=O)c1. The molecule has 5 heteroatoms. The number of amides is 2. The third-order valence-corrected chi connectivity index (χ3v) is 4.59. The first-order chi connectivity index (χ1) is 12.0. The zero-order valence-corrected chi connectivity index (χ0v) is 14.7. The summed E-state index contributed by atoms with van der Waals surface area (Å²) in [7, 11) is 1.59. The molecule has 1 atom stereocenters. The maximum atomic E-state index is 12.7. The minimum atomic E-state index is -0.363. The van der Waals surface area contributed by atoms with Gasteiger partial charge >= 0.3 is 0 Å². The highest BCUT2D eigenvalue weighted by Gasteiger charge is 2.35. The van der Waals surface area contributed by atoms with Crippen molar-refractivity contribution in [2.75, 3.05) is 23.9 Å². The minimum Gasteiger partial charge on any atom is -0.497 e. The molecule has 130 valence electrons. The van der Waals surface area contributed by atoms with Crippen molar-refractivity contribution in [2.24, 2.45) is 5.92 Å². The average molecular weight is 338 g/mol. The summed E-state index contributed by atoms with van der Waals surface area (Å²) in [5, 5.41) is 2.99. The number of ether oxygens (including phenoxy) is 1. The van der Waals surface area contributed by atoms with Crippen LogP contribution in [-0.2, 0) is 9.59 Å². The zero-order chi connectivity index (χ0) is 18.0. The van der Waals surface area contributed by atoms with Crippen LogP contribution in [0.2, 0.25) is 0 Å². The lowest BCUT2D eigenvalue weighted by molar-refractivity contribution is -0.122. The lowest BCUT2D eigenvalue weighted by atomic mass is 10.1. The Kier molecular flexibility index (Phi) is 4.74. The number of benzene rings is 2. The van der Waals surface area contributed by atoms with Crippen LogP contribution in [0, 0.1) is 19.8 Å². The predicted octanol–water partition coefficient (Wildman–Crippen LogP) is 3.30. The van der Waals surface area contributed by atoms with E-state index in [1.807, 2.05) is 56.3 Å². The molecule has 5 nitrogen and oxygen atoms in total. The number of para-hydroxylation sites is 1. The predicted molar refractivity (Wildman–Crippen MR) is 98.0 cm³/mol. The van der Waals surface area contributed by atoms with Crippen LogP contribution in [0.3, 0.4) is 0 Å². The Labute approximate surface area is 147 Å². The Morgan fingerprint density at radius 1 is 1.16 bits per heavy atom. The molecule has 0 unspecified atom stereocenters. The largest absolute Gasteiger partial charge is 0.497 e. The Bertz CT molecular complexity index is 796. The van der Waals surface area contributed by atoms with E-state index in [0.29, 0.717) is 12.3 Å². The van der Waals surface area contributed by atoms with E-state index < -0.39 is 0 Å². The summed E-state index contributed by atoms with van der Waals surface area (Å²) in [6, 6.07) is 13.2. The number of anilines is 2. The summed E-state index contributed by atoms with van der Waals surface area (Å²) < 4.78 is 5.21. The van der Waals surface area contributed by atoms with Crippen molar-refractivity contribution in [3.63, 3.8) is 0 Å². The first-order valence-electron chi connectivity index (χ1n) is 8.31. The van der Waals surface area contributed by atoms with Gasteiger partial charge in [0.2, 0.25) is 11.8 Å². The summed E-state index contributed by atoms with van der Waals surface area (Å²) in [5.74, 6) is 0.164. The molecule has 0 spiro atoms. The third kappa shape index (κ3) is 3.50. The molecule has 1 fully saturated rings. The molecule has 2 amide bonds. The smallest absolute Gasteiger partial charge is 0.229 e. The second kappa shape index (κ2) is 6.97. The summed E-state index contributed by atoms with van der Waals surface area (Å²) in [5.41, 5.74) is 3.62. The van der Waals surface area contributed by atoms with E-state index in [-0.39, 0.29) is 24.2 Å². The van der Waals surface area contributed by atoms with Gasteiger partial charge in [-0.15, -0.1) is 0 Å². The Balaban J connectivity index is 1.74. The van der Waals surface area contributed by atoms with Gasteiger partial charge in [-0.25, -0.2) is 0 Å². The second-order valence-electron chi connectivity index (χ2n) is 6.36. The minimum absolute atomic E-state index is 0.0464. The number of aryl methyl sites for hydroxylation is 2. The van der Waals surface area contributed by atoms with Gasteiger partial charge in [0, 0.05) is 30.4 Å². The van der Waals surface area contributed by atoms with Gasteiger partial charge in [0.05, 0.1) is 13.0 Å². The van der Waals surface area contributed by atoms with Crippen molar-refractivity contribution in [1.82, 2.24) is 0 Å². The second-order valence-corrected chi connectivity index (χ2v) is 6.36. The number of hydrogen-bond donors (Lipinski definition) is 1. The lowest BCUT2D eigenvalue weighted by Crippen LogP contribution is -2.28. The van der Waals surface area contributed by atoms with Gasteiger partial charge < -0.3 is 15.0 Å². The number of hydrogen-bond acceptors (Lipinski definition) is 3. The quantitative estimate of drug-likeness (QED) is 0.930. The summed E-state index contributed by atoms with van der Waals surface area (Å²) in [4.78, 5) is 26.7. The molecule has 0 aromatic heterocycles. The molecule has 0 aliphatic carbocycles. The number of carbonyl (C=O) groups is 2. The molecule has 1 saturated heterocycles. The lowest BCUT2D eigenvalue weighted by Gasteiger charge is -2.18. The molecule has 2 aromatic rings. The molecule has 0 radical (unpaired) electrons. The standard InChI is InChI=1S/C20H22N2O3/c1-13-6-4-7-14(2)19(13)21-20(24)15-10-18(23)22(12-15)16-8-5-9-17(11-16)25-3/h4-9,11,15H,10,12H2,1-3H3,(H,21,24)/t15-/m1/s1. The van der Waals surface area contributed by atoms with Gasteiger partial charge in [-0.3, -0.25) is 9.59 Å². The van der Waals surface area contributed by atoms with Crippen LogP contribution < -0.4 is 15.0 Å². The number of rotatable bonds is 4. The Morgan fingerprint density at radius 2 is 1.84 bits per heavy atom. The number of nitrogens with zero attached hydrogens (tertiary/aromatic N) is 1. The molecule has 1 heterocycles. The summed E-state index contributed by atoms with van der Waals surface area (Å²) >= 11 is 0. The summed E-state index contributed by atoms with van der Waals surface area (Å²) in [6.07, 6.45) is 0.216. The number of methoxy groups -OCH3 is 1. The summed E-state index contributed by atoms with van der Waals surface area (Å²) in [6.45, 7) is 4.30. The van der Waals surface area contributed by atoms with Crippen molar-refractivity contribution in [1.29, 1.82) is 0 Å². The van der Waals surface area contributed by atoms with Crippen molar-refractivity contribution >= 4 is 23.2 Å². The van der Waals surface area contributed by atoms with E-state index in [2.05, 4.69) is 5.32 Å². The van der Waals surface area contributed by atoms with E-state index >= 15 is 0 Å². The van der Waals surface area contributed by atoms with Crippen LogP contribution in [-0.4, -0.2) is 25.5 Å². The van der Waals surface area contributed by atoms with Gasteiger partial charge in [0.1, 0.15) is 5.75 Å². The third-order valence-electron chi connectivity index (χ3n) is 4.59. The molecule has 2 aromatic carbocycles. The fourth-order valence-electron chi connectivity index (χ4n) is 3.15. The van der Waals surface area contributed by atoms with Gasteiger partial charge in [-0.05, 0) is 37.1 Å². The van der Waals surface area contributed by atoms with Crippen LogP contribution in [0.15, 0.2) is 42.5 Å². The van der Waals surface area contributed by atoms with Gasteiger partial charge in [-0.1, -0.05) is 24.3 Å². The molecule has 1 N–H and O–H groups in total. The maximum absolute atomic E-state index is 12.7. The number of nitrogens with one attached hydrogen (secondary N) is 1. The molecular formula is C20H22N2O3. The highest BCUT2D eigenvalue weighted by atomic mass is 16.5. The molecule has 25 heavy (non-hydrogen) atoms. The highest BCUT2D eigenvalue weighted by molar-refractivity contribution is 6.04. The normalized spacial score (nSPS) is 16.8. The van der Waals surface area contributed by atoms with Crippen LogP contribution in [0.1, 0.15) is 17.5 Å². The fraction of sp³-hybridized carbons (Fsp3) is 0.300. The monoisotopic (exact) mass is 338 g/mol. The van der Waals surface area contributed by atoms with Crippen molar-refractivity contribution in [3.8, 4) is 5.75 Å². The molecule has 1 aliphatic rings. The first kappa shape index (κ1) is 17.0. The molecule has 1 aliphatic heterocycles. The molecule has 0 saturated carbocycles. The topological polar surface area (TPSA) is 58.6 Å². The van der Waals surface area contributed by atoms with E-state index in [0.717, 1.165) is 22.5 Å². The van der Waals surface area contributed by atoms with Crippen LogP contribution in [0.25, 0.3) is 0 Å². The highest BCUT2D eigenvalue weighted by Crippen LogP contribution is 2.29. The zero-order valence-electron chi connectivity index (χ0n) is 14.7. The van der Waals surface area contributed by atoms with Gasteiger partial charge in [-0.2, -0.15) is 0 Å². The Hall–Kier alpha value is -2.82. The van der Waals surface area contributed by atoms with Crippen molar-refractivity contribution in [2.45, 2.75) is 20.3 Å². The van der Waals surface area contributed by atoms with E-state index in [1.54, 1.807) is 12.0 Å². The van der Waals surface area contributed by atoms with Gasteiger partial charge in [0.15, 0.2) is 0 Å². The average Bonchev–Trinajstić information content (AvgIpc) is 3.00. The maximum Gasteiger partial charge on any atom is 0.229 e. The fourth-order valence-corrected chi connectivity index (χ4v) is 3.15. The van der Waals surface area contributed by atoms with Gasteiger partial charge in [0.25, 0.3) is 0 Å². The van der Waals surface area contributed by atoms with Crippen LogP contribution in [0.5, 0.6) is 5.75 Å². The van der Waals surface area contributed by atoms with Crippen molar-refractivity contribution < 1.29 is 14.3 Å². The van der Waals surface area contributed by atoms with Crippen molar-refractivity contribution in [3.05, 3.63) is 53.6 Å². The molecule has 3 rings (SSSR count). The first-order valence-corrected chi connectivity index (χ1v) is 8.31. The molecule has 0 bridgehead atoms. The van der Waals surface area contributed by atoms with Crippen LogP contribution in [0.4, 0.5) is 11.4 Å². The van der Waals surface area contributed by atoms with E-state index in [4.69, 9.17) is 4.74 Å². The number of carbonyl (C=O) groups excluding carboxylic acids is 2. The van der Waals surface area contributed by atoms with E-state index in [9.17, 15) is 9.59 Å². The Morgan fingerprint density at radius 3 is 2.52 bits per heavy atom.